The molecule has 2 atom stereocenters. The van der Waals surface area contributed by atoms with E-state index in [0.29, 0.717) is 5.56 Å². The summed E-state index contributed by atoms with van der Waals surface area (Å²) in [5, 5.41) is 9.08. The Hall–Kier alpha value is -1.62. The number of anilines is 1. The molecule has 2 fully saturated rings. The molecule has 0 spiro atoms. The number of aromatic carboxylic acids is 1. The van der Waals surface area contributed by atoms with Crippen LogP contribution in [0.4, 0.5) is 5.82 Å². The van der Waals surface area contributed by atoms with Crippen LogP contribution in [-0.2, 0) is 4.74 Å². The van der Waals surface area contributed by atoms with Gasteiger partial charge in [-0.1, -0.05) is 0 Å². The maximum absolute atomic E-state index is 11.1. The predicted octanol–water partition coefficient (Wildman–Crippen LogP) is 1.46. The average molecular weight is 248 g/mol. The molecule has 0 aliphatic carbocycles. The van der Waals surface area contributed by atoms with Crippen LogP contribution in [0.1, 0.15) is 28.9 Å². The summed E-state index contributed by atoms with van der Waals surface area (Å²) in [6.45, 7) is 3.45. The summed E-state index contributed by atoms with van der Waals surface area (Å²) in [6, 6.07) is 3.25. The third-order valence-corrected chi connectivity index (χ3v) is 3.55. The van der Waals surface area contributed by atoms with E-state index in [1.54, 1.807) is 12.1 Å². The minimum atomic E-state index is -0.905. The SMILES string of the molecule is Cc1cc(C(=O)O)cc(N2CC3CCC(C2)O3)n1. The molecule has 2 unspecified atom stereocenters. The highest BCUT2D eigenvalue weighted by atomic mass is 16.5. The number of ether oxygens (including phenoxy) is 1. The number of nitrogens with zero attached hydrogens (tertiary/aromatic N) is 2. The first-order valence-electron chi connectivity index (χ1n) is 6.24. The second-order valence-corrected chi connectivity index (χ2v) is 5.02. The van der Waals surface area contributed by atoms with Crippen LogP contribution in [0, 0.1) is 6.92 Å². The number of morpholine rings is 1. The number of fused-ring (bicyclic) bond motifs is 2. The van der Waals surface area contributed by atoms with E-state index < -0.39 is 5.97 Å². The highest BCUT2D eigenvalue weighted by Crippen LogP contribution is 2.29. The summed E-state index contributed by atoms with van der Waals surface area (Å²) in [6.07, 6.45) is 2.75. The van der Waals surface area contributed by atoms with E-state index in [0.717, 1.165) is 37.4 Å². The van der Waals surface area contributed by atoms with Crippen LogP contribution in [-0.4, -0.2) is 41.4 Å². The van der Waals surface area contributed by atoms with Gasteiger partial charge >= 0.3 is 5.97 Å². The zero-order valence-corrected chi connectivity index (χ0v) is 10.3. The van der Waals surface area contributed by atoms with Crippen LogP contribution in [0.2, 0.25) is 0 Å². The van der Waals surface area contributed by atoms with Crippen molar-refractivity contribution >= 4 is 11.8 Å². The fraction of sp³-hybridized carbons (Fsp3) is 0.538. The van der Waals surface area contributed by atoms with E-state index in [1.807, 2.05) is 6.92 Å². The first kappa shape index (κ1) is 11.5. The van der Waals surface area contributed by atoms with Crippen molar-refractivity contribution in [2.45, 2.75) is 32.0 Å². The number of carbonyl (C=O) groups is 1. The molecule has 2 aliphatic rings. The number of rotatable bonds is 2. The molecule has 3 rings (SSSR count). The third-order valence-electron chi connectivity index (χ3n) is 3.55. The Morgan fingerprint density at radius 2 is 2.06 bits per heavy atom. The van der Waals surface area contributed by atoms with Gasteiger partial charge in [-0.15, -0.1) is 0 Å². The van der Waals surface area contributed by atoms with Gasteiger partial charge in [0.25, 0.3) is 0 Å². The van der Waals surface area contributed by atoms with Gasteiger partial charge in [0.1, 0.15) is 5.82 Å². The number of aryl methyl sites for hydroxylation is 1. The van der Waals surface area contributed by atoms with E-state index in [-0.39, 0.29) is 12.2 Å². The molecule has 0 radical (unpaired) electrons. The molecular weight excluding hydrogens is 232 g/mol. The van der Waals surface area contributed by atoms with Crippen LogP contribution in [0.15, 0.2) is 12.1 Å². The number of carboxylic acids is 1. The first-order chi connectivity index (χ1) is 8.61. The molecule has 1 N–H and O–H groups in total. The zero-order chi connectivity index (χ0) is 12.7. The Bertz CT molecular complexity index is 477. The molecule has 18 heavy (non-hydrogen) atoms. The lowest BCUT2D eigenvalue weighted by molar-refractivity contribution is 0.0302. The predicted molar refractivity (Wildman–Crippen MR) is 66.0 cm³/mol. The van der Waals surface area contributed by atoms with Crippen LogP contribution in [0.25, 0.3) is 0 Å². The topological polar surface area (TPSA) is 62.7 Å². The lowest BCUT2D eigenvalue weighted by Gasteiger charge is -2.33. The molecule has 3 heterocycles. The normalized spacial score (nSPS) is 26.4. The zero-order valence-electron chi connectivity index (χ0n) is 10.3. The molecule has 0 saturated carbocycles. The lowest BCUT2D eigenvalue weighted by Crippen LogP contribution is -2.43. The Labute approximate surface area is 105 Å². The number of aromatic nitrogens is 1. The van der Waals surface area contributed by atoms with Gasteiger partial charge in [-0.25, -0.2) is 9.78 Å². The molecule has 2 saturated heterocycles. The van der Waals surface area contributed by atoms with Gasteiger partial charge in [-0.05, 0) is 31.9 Å². The quantitative estimate of drug-likeness (QED) is 0.858. The van der Waals surface area contributed by atoms with Gasteiger partial charge in [0.15, 0.2) is 0 Å². The molecule has 5 heteroatoms. The van der Waals surface area contributed by atoms with Crippen molar-refractivity contribution in [1.29, 1.82) is 0 Å². The van der Waals surface area contributed by atoms with Crippen molar-refractivity contribution < 1.29 is 14.6 Å². The summed E-state index contributed by atoms with van der Waals surface area (Å²) < 4.78 is 5.77. The van der Waals surface area contributed by atoms with E-state index in [1.165, 1.54) is 0 Å². The maximum Gasteiger partial charge on any atom is 0.335 e. The Balaban J connectivity index is 1.89. The summed E-state index contributed by atoms with van der Waals surface area (Å²) in [7, 11) is 0. The molecule has 0 aromatic carbocycles. The maximum atomic E-state index is 11.1. The highest BCUT2D eigenvalue weighted by molar-refractivity contribution is 5.88. The van der Waals surface area contributed by atoms with Crippen LogP contribution in [0.3, 0.4) is 0 Å². The molecule has 0 amide bonds. The Morgan fingerprint density at radius 3 is 2.67 bits per heavy atom. The second-order valence-electron chi connectivity index (χ2n) is 5.02. The molecule has 2 bridgehead atoms. The van der Waals surface area contributed by atoms with Gasteiger partial charge in [-0.2, -0.15) is 0 Å². The molecule has 1 aromatic heterocycles. The average Bonchev–Trinajstić information content (AvgIpc) is 2.67. The van der Waals surface area contributed by atoms with Gasteiger partial charge in [-0.3, -0.25) is 0 Å². The van der Waals surface area contributed by atoms with E-state index in [4.69, 9.17) is 9.84 Å². The molecule has 2 aliphatic heterocycles. The second kappa shape index (κ2) is 4.24. The number of pyridine rings is 1. The van der Waals surface area contributed by atoms with E-state index in [9.17, 15) is 4.79 Å². The van der Waals surface area contributed by atoms with Crippen molar-refractivity contribution in [3.63, 3.8) is 0 Å². The standard InChI is InChI=1S/C13H16N2O3/c1-8-4-9(13(16)17)5-12(14-8)15-6-10-2-3-11(7-15)18-10/h4-5,10-11H,2-3,6-7H2,1H3,(H,16,17). The largest absolute Gasteiger partial charge is 0.478 e. The van der Waals surface area contributed by atoms with Crippen molar-refractivity contribution in [3.8, 4) is 0 Å². The first-order valence-corrected chi connectivity index (χ1v) is 6.24. The van der Waals surface area contributed by atoms with Crippen LogP contribution in [0.5, 0.6) is 0 Å². The molecular formula is C13H16N2O3. The fourth-order valence-corrected chi connectivity index (χ4v) is 2.74. The van der Waals surface area contributed by atoms with Crippen LogP contribution < -0.4 is 4.90 Å². The van der Waals surface area contributed by atoms with Gasteiger partial charge in [0, 0.05) is 18.8 Å². The Kier molecular flexibility index (Phi) is 2.70. The summed E-state index contributed by atoms with van der Waals surface area (Å²) in [5.41, 5.74) is 1.04. The minimum absolute atomic E-state index is 0.277. The smallest absolute Gasteiger partial charge is 0.335 e. The van der Waals surface area contributed by atoms with E-state index in [2.05, 4.69) is 9.88 Å². The summed E-state index contributed by atoms with van der Waals surface area (Å²) in [4.78, 5) is 17.6. The van der Waals surface area contributed by atoms with Gasteiger partial charge in [0.2, 0.25) is 0 Å². The summed E-state index contributed by atoms with van der Waals surface area (Å²) >= 11 is 0. The van der Waals surface area contributed by atoms with Crippen LogP contribution >= 0.6 is 0 Å². The molecule has 1 aromatic rings. The third kappa shape index (κ3) is 2.06. The van der Waals surface area contributed by atoms with Gasteiger partial charge in [0.05, 0.1) is 17.8 Å². The Morgan fingerprint density at radius 1 is 1.39 bits per heavy atom. The minimum Gasteiger partial charge on any atom is -0.478 e. The van der Waals surface area contributed by atoms with Gasteiger partial charge < -0.3 is 14.7 Å². The van der Waals surface area contributed by atoms with E-state index >= 15 is 0 Å². The monoisotopic (exact) mass is 248 g/mol. The number of carboxylic acid groups (broad SMARTS) is 1. The molecule has 96 valence electrons. The van der Waals surface area contributed by atoms with Crippen molar-refractivity contribution in [2.24, 2.45) is 0 Å². The number of hydrogen-bond acceptors (Lipinski definition) is 4. The summed E-state index contributed by atoms with van der Waals surface area (Å²) in [5.74, 6) is -0.148. The van der Waals surface area contributed by atoms with Crippen molar-refractivity contribution in [2.75, 3.05) is 18.0 Å². The number of hydrogen-bond donors (Lipinski definition) is 1. The van der Waals surface area contributed by atoms with Crippen molar-refractivity contribution in [1.82, 2.24) is 4.98 Å². The fourth-order valence-electron chi connectivity index (χ4n) is 2.74. The molecule has 5 nitrogen and oxygen atoms in total. The lowest BCUT2D eigenvalue weighted by atomic mass is 10.2. The highest BCUT2D eigenvalue weighted by Gasteiger charge is 2.34. The van der Waals surface area contributed by atoms with Crippen molar-refractivity contribution in [3.05, 3.63) is 23.4 Å².